The van der Waals surface area contributed by atoms with E-state index in [4.69, 9.17) is 0 Å². The summed E-state index contributed by atoms with van der Waals surface area (Å²) >= 11 is 0. The molecule has 0 radical (unpaired) electrons. The van der Waals surface area contributed by atoms with Gasteiger partial charge in [0, 0.05) is 6.54 Å². The second-order valence-corrected chi connectivity index (χ2v) is 4.79. The van der Waals surface area contributed by atoms with Crippen molar-refractivity contribution < 1.29 is 17.9 Å². The predicted molar refractivity (Wildman–Crippen MR) is 55.1 cm³/mol. The predicted octanol–water partition coefficient (Wildman–Crippen LogP) is -0.440. The molecule has 0 saturated carbocycles. The molecule has 0 fully saturated rings. The second-order valence-electron chi connectivity index (χ2n) is 3.06. The van der Waals surface area contributed by atoms with Gasteiger partial charge in [-0.15, -0.1) is 0 Å². The first-order chi connectivity index (χ1) is 7.45. The van der Waals surface area contributed by atoms with E-state index in [9.17, 15) is 13.2 Å². The number of nitrogens with one attached hydrogen (secondary N) is 2. The summed E-state index contributed by atoms with van der Waals surface area (Å²) in [4.78, 5) is 17.1. The first-order valence-electron chi connectivity index (χ1n) is 4.54. The number of carbonyl (C=O) groups excluding carboxylic acids is 1. The van der Waals surface area contributed by atoms with Gasteiger partial charge >= 0.3 is 5.97 Å². The number of aryl methyl sites for hydroxylation is 1. The summed E-state index contributed by atoms with van der Waals surface area (Å²) in [6, 6.07) is 0. The van der Waals surface area contributed by atoms with Gasteiger partial charge in [-0.1, -0.05) is 0 Å². The fraction of sp³-hybridized carbons (Fsp3) is 0.500. The number of imidazole rings is 1. The van der Waals surface area contributed by atoms with Crippen molar-refractivity contribution in [2.24, 2.45) is 0 Å². The Morgan fingerprint density at radius 2 is 2.31 bits per heavy atom. The third-order valence-electron chi connectivity index (χ3n) is 1.82. The van der Waals surface area contributed by atoms with E-state index in [1.165, 1.54) is 13.3 Å². The SMILES string of the molecule is COC(=O)CCNS(=O)(=O)c1cnc(C)[nH]1. The lowest BCUT2D eigenvalue weighted by Gasteiger charge is -2.03. The molecule has 7 nitrogen and oxygen atoms in total. The molecule has 0 aromatic carbocycles. The van der Waals surface area contributed by atoms with Crippen molar-refractivity contribution in [3.05, 3.63) is 12.0 Å². The molecule has 1 heterocycles. The Morgan fingerprint density at radius 1 is 1.62 bits per heavy atom. The van der Waals surface area contributed by atoms with Gasteiger partial charge < -0.3 is 9.72 Å². The van der Waals surface area contributed by atoms with Crippen LogP contribution in [-0.4, -0.2) is 38.0 Å². The van der Waals surface area contributed by atoms with Crippen LogP contribution in [0.4, 0.5) is 0 Å². The zero-order chi connectivity index (χ0) is 12.2. The minimum Gasteiger partial charge on any atom is -0.469 e. The van der Waals surface area contributed by atoms with Crippen LogP contribution in [0.3, 0.4) is 0 Å². The maximum Gasteiger partial charge on any atom is 0.306 e. The van der Waals surface area contributed by atoms with Gasteiger partial charge in [0.1, 0.15) is 5.82 Å². The maximum atomic E-state index is 11.6. The standard InChI is InChI=1S/C8H13N3O4S/c1-6-9-5-7(11-6)16(13,14)10-4-3-8(12)15-2/h5,10H,3-4H2,1-2H3,(H,9,11). The molecule has 90 valence electrons. The van der Waals surface area contributed by atoms with E-state index >= 15 is 0 Å². The molecule has 0 unspecified atom stereocenters. The number of hydrogen-bond acceptors (Lipinski definition) is 5. The molecule has 8 heteroatoms. The number of carbonyl (C=O) groups is 1. The topological polar surface area (TPSA) is 101 Å². The molecular formula is C8H13N3O4S. The normalized spacial score (nSPS) is 11.4. The largest absolute Gasteiger partial charge is 0.469 e. The molecule has 0 amide bonds. The van der Waals surface area contributed by atoms with E-state index in [1.807, 2.05) is 0 Å². The van der Waals surface area contributed by atoms with E-state index in [0.29, 0.717) is 5.82 Å². The second kappa shape index (κ2) is 5.08. The van der Waals surface area contributed by atoms with Crippen LogP contribution >= 0.6 is 0 Å². The van der Waals surface area contributed by atoms with E-state index in [0.717, 1.165) is 0 Å². The van der Waals surface area contributed by atoms with Gasteiger partial charge in [-0.3, -0.25) is 4.79 Å². The number of esters is 1. The summed E-state index contributed by atoms with van der Waals surface area (Å²) in [5.41, 5.74) is 0. The maximum absolute atomic E-state index is 11.6. The van der Waals surface area contributed by atoms with Crippen LogP contribution in [0.25, 0.3) is 0 Å². The molecule has 1 rings (SSSR count). The molecule has 0 atom stereocenters. The number of aromatic nitrogens is 2. The first kappa shape index (κ1) is 12.7. The summed E-state index contributed by atoms with van der Waals surface area (Å²) in [7, 11) is -2.37. The fourth-order valence-electron chi connectivity index (χ4n) is 1.00. The quantitative estimate of drug-likeness (QED) is 0.687. The lowest BCUT2D eigenvalue weighted by molar-refractivity contribution is -0.140. The molecule has 2 N–H and O–H groups in total. The molecule has 16 heavy (non-hydrogen) atoms. The van der Waals surface area contributed by atoms with E-state index in [1.54, 1.807) is 6.92 Å². The van der Waals surface area contributed by atoms with Gasteiger partial charge in [-0.25, -0.2) is 18.1 Å². The lowest BCUT2D eigenvalue weighted by atomic mass is 10.4. The molecule has 1 aromatic rings. The van der Waals surface area contributed by atoms with E-state index < -0.39 is 16.0 Å². The number of H-pyrrole nitrogens is 1. The summed E-state index contributed by atoms with van der Waals surface area (Å²) in [5.74, 6) is 0.0387. The molecular weight excluding hydrogens is 234 g/mol. The molecule has 0 bridgehead atoms. The monoisotopic (exact) mass is 247 g/mol. The fourth-order valence-corrected chi connectivity index (χ4v) is 2.00. The number of ether oxygens (including phenoxy) is 1. The number of methoxy groups -OCH3 is 1. The zero-order valence-electron chi connectivity index (χ0n) is 8.98. The first-order valence-corrected chi connectivity index (χ1v) is 6.02. The Balaban J connectivity index is 2.56. The molecule has 0 aliphatic carbocycles. The Labute approximate surface area is 93.3 Å². The minimum absolute atomic E-state index is 0.00687. The van der Waals surface area contributed by atoms with Crippen molar-refractivity contribution in [2.45, 2.75) is 18.4 Å². The van der Waals surface area contributed by atoms with Gasteiger partial charge in [0.15, 0.2) is 5.03 Å². The Hall–Kier alpha value is -1.41. The summed E-state index contributed by atoms with van der Waals surface area (Å²) in [5, 5.41) is -0.0186. The van der Waals surface area contributed by atoms with Gasteiger partial charge in [0.25, 0.3) is 10.0 Å². The number of aromatic amines is 1. The van der Waals surface area contributed by atoms with Crippen LogP contribution < -0.4 is 4.72 Å². The van der Waals surface area contributed by atoms with Crippen molar-refractivity contribution in [3.8, 4) is 0 Å². The van der Waals surface area contributed by atoms with Crippen molar-refractivity contribution in [3.63, 3.8) is 0 Å². The van der Waals surface area contributed by atoms with Crippen LogP contribution in [-0.2, 0) is 19.6 Å². The molecule has 0 aliphatic heterocycles. The van der Waals surface area contributed by atoms with Crippen LogP contribution in [0.2, 0.25) is 0 Å². The van der Waals surface area contributed by atoms with Crippen LogP contribution in [0, 0.1) is 6.92 Å². The third-order valence-corrected chi connectivity index (χ3v) is 3.19. The highest BCUT2D eigenvalue weighted by molar-refractivity contribution is 7.89. The van der Waals surface area contributed by atoms with E-state index in [-0.39, 0.29) is 18.0 Å². The highest BCUT2D eigenvalue weighted by Crippen LogP contribution is 2.04. The summed E-state index contributed by atoms with van der Waals surface area (Å²) in [6.45, 7) is 1.64. The van der Waals surface area contributed by atoms with Gasteiger partial charge in [0.2, 0.25) is 0 Å². The number of rotatable bonds is 5. The van der Waals surface area contributed by atoms with Gasteiger partial charge in [-0.05, 0) is 6.92 Å². The highest BCUT2D eigenvalue weighted by atomic mass is 32.2. The molecule has 0 saturated heterocycles. The number of nitrogens with zero attached hydrogens (tertiary/aromatic N) is 1. The van der Waals surface area contributed by atoms with Crippen molar-refractivity contribution >= 4 is 16.0 Å². The summed E-state index contributed by atoms with van der Waals surface area (Å²) < 4.78 is 29.8. The van der Waals surface area contributed by atoms with Crippen molar-refractivity contribution in [2.75, 3.05) is 13.7 Å². The van der Waals surface area contributed by atoms with Gasteiger partial charge in [-0.2, -0.15) is 0 Å². The average Bonchev–Trinajstić information content (AvgIpc) is 2.65. The average molecular weight is 247 g/mol. The molecule has 0 spiro atoms. The third kappa shape index (κ3) is 3.31. The molecule has 0 aliphatic rings. The number of sulfonamides is 1. The van der Waals surface area contributed by atoms with Crippen LogP contribution in [0.15, 0.2) is 11.2 Å². The Kier molecular flexibility index (Phi) is 4.02. The highest BCUT2D eigenvalue weighted by Gasteiger charge is 2.16. The Bertz CT molecular complexity index is 465. The minimum atomic E-state index is -3.62. The van der Waals surface area contributed by atoms with Crippen LogP contribution in [0.1, 0.15) is 12.2 Å². The van der Waals surface area contributed by atoms with E-state index in [2.05, 4.69) is 19.4 Å². The number of hydrogen-bond donors (Lipinski definition) is 2. The van der Waals surface area contributed by atoms with Crippen LogP contribution in [0.5, 0.6) is 0 Å². The Morgan fingerprint density at radius 3 is 2.81 bits per heavy atom. The smallest absolute Gasteiger partial charge is 0.306 e. The summed E-state index contributed by atoms with van der Waals surface area (Å²) in [6.07, 6.45) is 1.21. The van der Waals surface area contributed by atoms with Crippen molar-refractivity contribution in [1.82, 2.24) is 14.7 Å². The van der Waals surface area contributed by atoms with Gasteiger partial charge in [0.05, 0.1) is 19.7 Å². The van der Waals surface area contributed by atoms with Crippen molar-refractivity contribution in [1.29, 1.82) is 0 Å². The molecule has 1 aromatic heterocycles. The lowest BCUT2D eigenvalue weighted by Crippen LogP contribution is -2.26. The zero-order valence-corrected chi connectivity index (χ0v) is 9.80.